The van der Waals surface area contributed by atoms with Gasteiger partial charge in [-0.2, -0.15) is 0 Å². The van der Waals surface area contributed by atoms with Crippen LogP contribution in [0.5, 0.6) is 0 Å². The minimum atomic E-state index is -0.151. The Bertz CT molecular complexity index is 342. The van der Waals surface area contributed by atoms with Gasteiger partial charge < -0.3 is 10.2 Å². The van der Waals surface area contributed by atoms with E-state index in [2.05, 4.69) is 17.0 Å². The van der Waals surface area contributed by atoms with Crippen LogP contribution in [0.3, 0.4) is 0 Å². The summed E-state index contributed by atoms with van der Waals surface area (Å²) in [5.41, 5.74) is 1.26. The zero-order chi connectivity index (χ0) is 12.8. The van der Waals surface area contributed by atoms with Crippen LogP contribution in [-0.2, 0) is 6.54 Å². The van der Waals surface area contributed by atoms with Gasteiger partial charge in [0.25, 0.3) is 0 Å². The van der Waals surface area contributed by atoms with Crippen molar-refractivity contribution in [2.24, 2.45) is 5.92 Å². The van der Waals surface area contributed by atoms with Gasteiger partial charge in [0.2, 0.25) is 0 Å². The largest absolute Gasteiger partial charge is 0.395 e. The van der Waals surface area contributed by atoms with Crippen molar-refractivity contribution >= 4 is 0 Å². The molecule has 1 aromatic rings. The van der Waals surface area contributed by atoms with Gasteiger partial charge >= 0.3 is 0 Å². The fourth-order valence-electron chi connectivity index (χ4n) is 2.78. The number of aliphatic hydroxyl groups is 2. The lowest BCUT2D eigenvalue weighted by atomic mass is 10.0. The molecule has 1 aliphatic rings. The molecule has 1 saturated carbocycles. The Hall–Kier alpha value is -0.900. The van der Waals surface area contributed by atoms with Gasteiger partial charge in [0.1, 0.15) is 0 Å². The van der Waals surface area contributed by atoms with Crippen LogP contribution in [0.15, 0.2) is 30.3 Å². The zero-order valence-corrected chi connectivity index (χ0v) is 10.8. The second-order valence-electron chi connectivity index (χ2n) is 5.20. The number of benzene rings is 1. The van der Waals surface area contributed by atoms with Gasteiger partial charge in [-0.3, -0.25) is 4.90 Å². The average Bonchev–Trinajstić information content (AvgIpc) is 2.77. The summed E-state index contributed by atoms with van der Waals surface area (Å²) in [4.78, 5) is 2.24. The molecule has 18 heavy (non-hydrogen) atoms. The molecule has 1 aliphatic carbocycles. The molecule has 2 rings (SSSR count). The van der Waals surface area contributed by atoms with Crippen LogP contribution in [0, 0.1) is 5.92 Å². The Balaban J connectivity index is 1.91. The first-order valence-electron chi connectivity index (χ1n) is 6.85. The molecule has 0 radical (unpaired) electrons. The van der Waals surface area contributed by atoms with E-state index in [0.29, 0.717) is 12.5 Å². The molecule has 0 saturated heterocycles. The lowest BCUT2D eigenvalue weighted by Gasteiger charge is -2.26. The third-order valence-corrected chi connectivity index (χ3v) is 3.78. The predicted molar refractivity (Wildman–Crippen MR) is 72.2 cm³/mol. The summed E-state index contributed by atoms with van der Waals surface area (Å²) in [6.45, 7) is 2.59. The van der Waals surface area contributed by atoms with E-state index in [1.54, 1.807) is 0 Å². The highest BCUT2D eigenvalue weighted by molar-refractivity contribution is 5.14. The molecule has 0 bridgehead atoms. The molecule has 2 atom stereocenters. The Kier molecular flexibility index (Phi) is 5.17. The summed E-state index contributed by atoms with van der Waals surface area (Å²) in [6.07, 6.45) is 3.02. The normalized spacial score (nSPS) is 23.7. The van der Waals surface area contributed by atoms with Crippen LogP contribution in [0.1, 0.15) is 24.8 Å². The lowest BCUT2D eigenvalue weighted by Crippen LogP contribution is -2.34. The second kappa shape index (κ2) is 6.88. The monoisotopic (exact) mass is 249 g/mol. The fourth-order valence-corrected chi connectivity index (χ4v) is 2.78. The second-order valence-corrected chi connectivity index (χ2v) is 5.20. The number of aliphatic hydroxyl groups excluding tert-OH is 2. The molecule has 2 N–H and O–H groups in total. The van der Waals surface area contributed by atoms with E-state index in [-0.39, 0.29) is 12.7 Å². The first-order chi connectivity index (χ1) is 8.79. The highest BCUT2D eigenvalue weighted by atomic mass is 16.3. The number of rotatable bonds is 6. The average molecular weight is 249 g/mol. The topological polar surface area (TPSA) is 43.7 Å². The highest BCUT2D eigenvalue weighted by Gasteiger charge is 2.26. The molecule has 0 aliphatic heterocycles. The van der Waals surface area contributed by atoms with E-state index in [1.807, 2.05) is 18.2 Å². The smallest absolute Gasteiger partial charge is 0.0580 e. The Morgan fingerprint density at radius 3 is 2.56 bits per heavy atom. The van der Waals surface area contributed by atoms with Gasteiger partial charge in [0.15, 0.2) is 0 Å². The van der Waals surface area contributed by atoms with Crippen molar-refractivity contribution in [1.29, 1.82) is 0 Å². The summed E-state index contributed by atoms with van der Waals surface area (Å²) in [6, 6.07) is 10.3. The molecule has 0 heterocycles. The van der Waals surface area contributed by atoms with Gasteiger partial charge in [0, 0.05) is 19.6 Å². The van der Waals surface area contributed by atoms with E-state index in [9.17, 15) is 5.11 Å². The minimum absolute atomic E-state index is 0.151. The van der Waals surface area contributed by atoms with Gasteiger partial charge in [-0.05, 0) is 24.3 Å². The van der Waals surface area contributed by atoms with Crippen molar-refractivity contribution in [3.8, 4) is 0 Å². The van der Waals surface area contributed by atoms with Crippen LogP contribution in [0.25, 0.3) is 0 Å². The van der Waals surface area contributed by atoms with Crippen molar-refractivity contribution in [3.05, 3.63) is 35.9 Å². The molecule has 1 fully saturated rings. The van der Waals surface area contributed by atoms with Crippen molar-refractivity contribution in [2.75, 3.05) is 19.7 Å². The SMILES string of the molecule is OCCN(Cc1ccccc1)CC1CCCC1O. The summed E-state index contributed by atoms with van der Waals surface area (Å²) in [5, 5.41) is 19.0. The number of hydrogen-bond acceptors (Lipinski definition) is 3. The van der Waals surface area contributed by atoms with Crippen molar-refractivity contribution < 1.29 is 10.2 Å². The summed E-state index contributed by atoms with van der Waals surface area (Å²) < 4.78 is 0. The van der Waals surface area contributed by atoms with Crippen LogP contribution >= 0.6 is 0 Å². The van der Waals surface area contributed by atoms with Crippen LogP contribution in [-0.4, -0.2) is 40.9 Å². The first kappa shape index (κ1) is 13.5. The Morgan fingerprint density at radius 2 is 1.94 bits per heavy atom. The zero-order valence-electron chi connectivity index (χ0n) is 10.8. The van der Waals surface area contributed by atoms with E-state index < -0.39 is 0 Å². The van der Waals surface area contributed by atoms with Gasteiger partial charge in [0.05, 0.1) is 12.7 Å². The van der Waals surface area contributed by atoms with E-state index >= 15 is 0 Å². The van der Waals surface area contributed by atoms with Gasteiger partial charge in [-0.1, -0.05) is 36.8 Å². The first-order valence-corrected chi connectivity index (χ1v) is 6.85. The fraction of sp³-hybridized carbons (Fsp3) is 0.600. The molecule has 100 valence electrons. The highest BCUT2D eigenvalue weighted by Crippen LogP contribution is 2.26. The van der Waals surface area contributed by atoms with E-state index in [4.69, 9.17) is 5.11 Å². The van der Waals surface area contributed by atoms with Crippen LogP contribution in [0.2, 0.25) is 0 Å². The standard InChI is InChI=1S/C15H23NO2/c17-10-9-16(11-13-5-2-1-3-6-13)12-14-7-4-8-15(14)18/h1-3,5-6,14-15,17-18H,4,7-12H2. The maximum Gasteiger partial charge on any atom is 0.0580 e. The predicted octanol–water partition coefficient (Wildman–Crippen LogP) is 1.64. The van der Waals surface area contributed by atoms with Crippen molar-refractivity contribution in [1.82, 2.24) is 4.90 Å². The third-order valence-electron chi connectivity index (χ3n) is 3.78. The van der Waals surface area contributed by atoms with Crippen molar-refractivity contribution in [3.63, 3.8) is 0 Å². The van der Waals surface area contributed by atoms with Gasteiger partial charge in [-0.15, -0.1) is 0 Å². The Labute approximate surface area is 109 Å². The lowest BCUT2D eigenvalue weighted by molar-refractivity contribution is 0.0910. The molecule has 0 aromatic heterocycles. The Morgan fingerprint density at radius 1 is 1.17 bits per heavy atom. The molecular weight excluding hydrogens is 226 g/mol. The van der Waals surface area contributed by atoms with Crippen LogP contribution in [0.4, 0.5) is 0 Å². The maximum atomic E-state index is 9.88. The quantitative estimate of drug-likeness (QED) is 0.805. The van der Waals surface area contributed by atoms with E-state index in [1.165, 1.54) is 5.56 Å². The minimum Gasteiger partial charge on any atom is -0.395 e. The molecule has 0 spiro atoms. The number of hydrogen-bond donors (Lipinski definition) is 2. The molecule has 3 nitrogen and oxygen atoms in total. The van der Waals surface area contributed by atoms with Gasteiger partial charge in [-0.25, -0.2) is 0 Å². The summed E-state index contributed by atoms with van der Waals surface area (Å²) >= 11 is 0. The maximum absolute atomic E-state index is 9.88. The molecule has 1 aromatic carbocycles. The van der Waals surface area contributed by atoms with E-state index in [0.717, 1.165) is 32.4 Å². The molecule has 3 heteroatoms. The van der Waals surface area contributed by atoms with Crippen LogP contribution < -0.4 is 0 Å². The summed E-state index contributed by atoms with van der Waals surface area (Å²) in [7, 11) is 0. The molecule has 0 amide bonds. The third kappa shape index (κ3) is 3.80. The summed E-state index contributed by atoms with van der Waals surface area (Å²) in [5.74, 6) is 0.375. The number of nitrogens with zero attached hydrogens (tertiary/aromatic N) is 1. The van der Waals surface area contributed by atoms with Crippen molar-refractivity contribution in [2.45, 2.75) is 31.9 Å². The molecule has 2 unspecified atom stereocenters. The molecular formula is C15H23NO2.